The fourth-order valence-electron chi connectivity index (χ4n) is 3.96. The van der Waals surface area contributed by atoms with Crippen molar-refractivity contribution < 1.29 is 49.8 Å². The Morgan fingerprint density at radius 2 is 1.09 bits per heavy atom. The van der Waals surface area contributed by atoms with Crippen molar-refractivity contribution in [2.24, 2.45) is 0 Å². The molecule has 4 amide bonds. The molecule has 0 spiro atoms. The second-order valence-corrected chi connectivity index (χ2v) is 27.7. The third-order valence-corrected chi connectivity index (χ3v) is 25.6. The maximum Gasteiger partial charge on any atom is 0.489 e. The number of hydrogen-bond donors (Lipinski definition) is 4. The van der Waals surface area contributed by atoms with E-state index in [0.717, 1.165) is 32.1 Å². The molecule has 0 aliphatic heterocycles. The molecule has 0 aliphatic rings. The molecule has 0 unspecified atom stereocenters. The lowest BCUT2D eigenvalue weighted by Gasteiger charge is -2.37. The maximum atomic E-state index is 12.0. The van der Waals surface area contributed by atoms with Gasteiger partial charge in [0.05, 0.1) is 13.2 Å². The van der Waals surface area contributed by atoms with E-state index in [9.17, 15) is 14.4 Å². The van der Waals surface area contributed by atoms with Crippen LogP contribution < -0.4 is 21.3 Å². The molecule has 0 aromatic carbocycles. The van der Waals surface area contributed by atoms with Crippen molar-refractivity contribution in [3.05, 3.63) is 0 Å². The fourth-order valence-corrected chi connectivity index (χ4v) is 22.1. The van der Waals surface area contributed by atoms with Gasteiger partial charge in [0.25, 0.3) is 0 Å². The van der Waals surface area contributed by atoms with Gasteiger partial charge >= 0.3 is 35.3 Å². The minimum Gasteiger partial charge on any atom is -0.450 e. The Balaban J connectivity index is 0. The molecule has 0 rings (SSSR count). The highest BCUT2D eigenvalue weighted by atomic mass is 29.3. The maximum absolute atomic E-state index is 12.0. The van der Waals surface area contributed by atoms with Gasteiger partial charge in [0.15, 0.2) is 7.59 Å². The molecule has 0 saturated carbocycles. The van der Waals surface area contributed by atoms with E-state index in [1.165, 1.54) is 0 Å². The number of urea groups is 1. The Bertz CT molecular complexity index is 736. The zero-order chi connectivity index (χ0) is 33.2. The van der Waals surface area contributed by atoms with Crippen molar-refractivity contribution in [2.45, 2.75) is 65.1 Å². The van der Waals surface area contributed by atoms with Crippen LogP contribution >= 0.6 is 0 Å². The van der Waals surface area contributed by atoms with E-state index in [-0.39, 0.29) is 12.1 Å². The third-order valence-electron chi connectivity index (χ3n) is 6.40. The lowest BCUT2D eigenvalue weighted by atomic mass is 10.2. The molecule has 20 heteroatoms. The first-order chi connectivity index (χ1) is 20.4. The van der Waals surface area contributed by atoms with Gasteiger partial charge in [-0.2, -0.15) is 0 Å². The molecule has 0 aromatic rings. The Kier molecular flexibility index (Phi) is 26.4. The first kappa shape index (κ1) is 43.8. The van der Waals surface area contributed by atoms with Gasteiger partial charge in [-0.05, 0) is 33.1 Å². The van der Waals surface area contributed by atoms with E-state index in [1.807, 2.05) is 0 Å². The van der Waals surface area contributed by atoms with Crippen molar-refractivity contribution in [1.82, 2.24) is 21.3 Å². The Labute approximate surface area is 267 Å². The second-order valence-electron chi connectivity index (χ2n) is 9.77. The minimum absolute atomic E-state index is 0.178. The molecular weight excluding hydrogens is 649 g/mol. The summed E-state index contributed by atoms with van der Waals surface area (Å²) in [6.07, 6.45) is 4.29. The average Bonchev–Trinajstić information content (AvgIpc) is 2.99. The van der Waals surface area contributed by atoms with Crippen LogP contribution in [-0.4, -0.2) is 131 Å². The number of carbonyl (C=O) groups is 3. The summed E-state index contributed by atoms with van der Waals surface area (Å²) in [5, 5.41) is 11.1. The third kappa shape index (κ3) is 18.9. The predicted octanol–water partition coefficient (Wildman–Crippen LogP) is 0.0981. The Hall–Kier alpha value is -1.35. The van der Waals surface area contributed by atoms with Gasteiger partial charge < -0.3 is 56.7 Å². The molecule has 0 bridgehead atoms. The summed E-state index contributed by atoms with van der Waals surface area (Å²) in [6, 6.07) is 0.513. The summed E-state index contributed by atoms with van der Waals surface area (Å²) in [7, 11) is 0.390. The highest BCUT2D eigenvalue weighted by Gasteiger charge is 2.54. The van der Waals surface area contributed by atoms with Crippen molar-refractivity contribution in [2.75, 3.05) is 67.5 Å². The molecule has 0 atom stereocenters. The number of alkyl carbamates (subject to hydrolysis) is 2. The van der Waals surface area contributed by atoms with E-state index in [4.69, 9.17) is 35.4 Å². The van der Waals surface area contributed by atoms with Crippen LogP contribution in [0, 0.1) is 0 Å². The summed E-state index contributed by atoms with van der Waals surface area (Å²) < 4.78 is 42.3. The molecule has 256 valence electrons. The van der Waals surface area contributed by atoms with Gasteiger partial charge in [0.2, 0.25) is 0 Å². The predicted molar refractivity (Wildman–Crippen MR) is 178 cm³/mol. The number of carbonyl (C=O) groups excluding carboxylic acids is 3. The first-order valence-electron chi connectivity index (χ1n) is 14.6. The number of hydrogen-bond acceptors (Lipinski definition) is 11. The first-order valence-corrected chi connectivity index (χ1v) is 24.1. The van der Waals surface area contributed by atoms with Gasteiger partial charge in [0.1, 0.15) is 21.0 Å². The van der Waals surface area contributed by atoms with Crippen LogP contribution in [0.2, 0.25) is 19.1 Å². The molecule has 4 N–H and O–H groups in total. The topological polar surface area (TPSA) is 173 Å². The quantitative estimate of drug-likeness (QED) is 0.0889. The van der Waals surface area contributed by atoms with Crippen LogP contribution in [0.3, 0.4) is 0 Å². The fraction of sp³-hybridized carbons (Fsp3) is 0.870. The SMILES string of the molecule is CCOC(=O)NCCCCCCNC(=O)NC[Si](C)(C)[Si](OC)(OC)O[SiH3].CCOC(=O)NCCC[Si](OC)(OC)O[SiH3]. The van der Waals surface area contributed by atoms with E-state index < -0.39 is 30.8 Å². The van der Waals surface area contributed by atoms with Gasteiger partial charge in [0, 0.05) is 60.3 Å². The number of amides is 4. The molecule has 0 aliphatic carbocycles. The summed E-state index contributed by atoms with van der Waals surface area (Å²) in [5.74, 6) is 0. The summed E-state index contributed by atoms with van der Waals surface area (Å²) in [6.45, 7) is 10.3. The largest absolute Gasteiger partial charge is 0.489 e. The molecule has 0 fully saturated rings. The summed E-state index contributed by atoms with van der Waals surface area (Å²) in [4.78, 5) is 34.1. The van der Waals surface area contributed by atoms with Crippen LogP contribution in [0.1, 0.15) is 46.0 Å². The monoisotopic (exact) mass is 706 g/mol. The molecule has 0 aromatic heterocycles. The zero-order valence-corrected chi connectivity index (χ0v) is 35.0. The smallest absolute Gasteiger partial charge is 0.450 e. The van der Waals surface area contributed by atoms with Crippen molar-refractivity contribution in [3.63, 3.8) is 0 Å². The number of nitrogens with one attached hydrogen (secondary N) is 4. The molecule has 0 heterocycles. The standard InChI is InChI=1S/C15H37N3O6Si3.C8H21NO5Si2/c1-6-23-15(20)17-12-10-8-7-9-11-16-14(19)18-13-26(4,5)27(21-2,22-3)24-25;1-4-13-8(10)9-6-5-7-16(11-2,12-3)14-15/h6-13H2,1-5,25H3,(H,17,20)(H2,16,18,19);4-7H2,1-3,15H3,(H,9,10). The Morgan fingerprint density at radius 1 is 0.628 bits per heavy atom. The van der Waals surface area contributed by atoms with Crippen LogP contribution in [0.5, 0.6) is 0 Å². The van der Waals surface area contributed by atoms with Gasteiger partial charge in [-0.1, -0.05) is 25.9 Å². The number of ether oxygens (including phenoxy) is 2. The normalized spacial score (nSPS) is 11.7. The summed E-state index contributed by atoms with van der Waals surface area (Å²) >= 11 is 0. The minimum atomic E-state index is -2.66. The Morgan fingerprint density at radius 3 is 1.49 bits per heavy atom. The van der Waals surface area contributed by atoms with E-state index >= 15 is 0 Å². The van der Waals surface area contributed by atoms with E-state index in [0.29, 0.717) is 66.0 Å². The number of unbranched alkanes of at least 4 members (excludes halogenated alkanes) is 3. The van der Waals surface area contributed by atoms with Crippen LogP contribution in [0.4, 0.5) is 14.4 Å². The van der Waals surface area contributed by atoms with E-state index in [1.54, 1.807) is 42.3 Å². The van der Waals surface area contributed by atoms with Gasteiger partial charge in [-0.15, -0.1) is 0 Å². The van der Waals surface area contributed by atoms with Gasteiger partial charge in [-0.25, -0.2) is 14.4 Å². The van der Waals surface area contributed by atoms with Crippen LogP contribution in [0.25, 0.3) is 0 Å². The molecular formula is C23H58N4O11Si5. The molecule has 0 radical (unpaired) electrons. The lowest BCUT2D eigenvalue weighted by Crippen LogP contribution is -2.69. The molecule has 43 heavy (non-hydrogen) atoms. The van der Waals surface area contributed by atoms with Crippen LogP contribution in [0.15, 0.2) is 0 Å². The second kappa shape index (κ2) is 25.9. The zero-order valence-electron chi connectivity index (χ0n) is 28.0. The molecule has 0 saturated heterocycles. The molecule has 15 nitrogen and oxygen atoms in total. The number of rotatable bonds is 22. The van der Waals surface area contributed by atoms with Crippen molar-refractivity contribution >= 4 is 63.9 Å². The van der Waals surface area contributed by atoms with Crippen molar-refractivity contribution in [3.8, 4) is 0 Å². The van der Waals surface area contributed by atoms with Crippen LogP contribution in [-0.2, 0) is 35.4 Å². The van der Waals surface area contributed by atoms with E-state index in [2.05, 4.69) is 34.4 Å². The highest BCUT2D eigenvalue weighted by Crippen LogP contribution is 2.20. The van der Waals surface area contributed by atoms with Gasteiger partial charge in [-0.3, -0.25) is 0 Å². The lowest BCUT2D eigenvalue weighted by molar-refractivity contribution is 0.150. The highest BCUT2D eigenvalue weighted by molar-refractivity contribution is 7.34. The average molecular weight is 707 g/mol. The summed E-state index contributed by atoms with van der Waals surface area (Å²) in [5.41, 5.74) is 0. The van der Waals surface area contributed by atoms with Crippen molar-refractivity contribution in [1.29, 1.82) is 0 Å².